The first-order valence-corrected chi connectivity index (χ1v) is 11.4. The number of ether oxygens (including phenoxy) is 1. The first-order valence-electron chi connectivity index (χ1n) is 11.4. The predicted molar refractivity (Wildman–Crippen MR) is 127 cm³/mol. The Morgan fingerprint density at radius 3 is 2.61 bits per heavy atom. The second-order valence-corrected chi connectivity index (χ2v) is 7.75. The van der Waals surface area contributed by atoms with Crippen LogP contribution in [0, 0.1) is 17.2 Å². The molecule has 1 atom stereocenters. The van der Waals surface area contributed by atoms with Crippen molar-refractivity contribution in [3.63, 3.8) is 0 Å². The fourth-order valence-corrected chi connectivity index (χ4v) is 3.98. The first-order chi connectivity index (χ1) is 15.3. The summed E-state index contributed by atoms with van der Waals surface area (Å²) >= 11 is 0. The quantitative estimate of drug-likeness (QED) is 0.781. The molecule has 1 aliphatic heterocycles. The molecular formula is C26H34N4O. The van der Waals surface area contributed by atoms with Crippen molar-refractivity contribution >= 4 is 12.2 Å². The van der Waals surface area contributed by atoms with Crippen LogP contribution in [0.15, 0.2) is 30.3 Å². The van der Waals surface area contributed by atoms with Gasteiger partial charge in [0.1, 0.15) is 0 Å². The van der Waals surface area contributed by atoms with Crippen molar-refractivity contribution in [2.24, 2.45) is 5.92 Å². The highest BCUT2D eigenvalue weighted by Gasteiger charge is 2.16. The number of nitriles is 1. The molecule has 0 radical (unpaired) electrons. The number of benzene rings is 1. The number of aromatic nitrogens is 1. The molecule has 31 heavy (non-hydrogen) atoms. The number of rotatable bonds is 6. The summed E-state index contributed by atoms with van der Waals surface area (Å²) in [6.07, 6.45) is 6.00. The standard InChI is InChI=1S/C24H28N4O.C2H6/c1-26-9-8-18-2-5-20(6-3-18)23-15-21(17-28-10-12-29-13-11-28)22-7-4-19(16-25)14-24(22)27-23;1-2/h2-3,5-7,14-15,19,26H,4,8-13,17H2,1H3;1-2H3. The Bertz CT molecular complexity index is 1000. The fraction of sp³-hybridized carbons (Fsp3) is 0.462. The molecule has 4 rings (SSSR count). The Morgan fingerprint density at radius 1 is 1.19 bits per heavy atom. The molecule has 5 heteroatoms. The minimum atomic E-state index is -0.0922. The Labute approximate surface area is 186 Å². The smallest absolute Gasteiger partial charge is 0.0712 e. The lowest BCUT2D eigenvalue weighted by Gasteiger charge is -2.27. The third kappa shape index (κ3) is 6.01. The van der Waals surface area contributed by atoms with Gasteiger partial charge in [0.15, 0.2) is 0 Å². The lowest BCUT2D eigenvalue weighted by Crippen LogP contribution is -2.41. The van der Waals surface area contributed by atoms with E-state index < -0.39 is 0 Å². The van der Waals surface area contributed by atoms with Crippen LogP contribution in [0.3, 0.4) is 0 Å². The van der Waals surface area contributed by atoms with Crippen LogP contribution in [0.1, 0.15) is 31.4 Å². The normalized spacial score (nSPS) is 17.9. The molecule has 1 unspecified atom stereocenters. The van der Waals surface area contributed by atoms with Gasteiger partial charge in [0, 0.05) is 30.4 Å². The van der Waals surface area contributed by atoms with E-state index in [0.717, 1.165) is 68.8 Å². The number of hydrogen-bond donors (Lipinski definition) is 1. The third-order valence-electron chi connectivity index (χ3n) is 5.69. The van der Waals surface area contributed by atoms with Crippen LogP contribution in [-0.4, -0.2) is 49.8 Å². The average molecular weight is 419 g/mol. The largest absolute Gasteiger partial charge is 0.379 e. The van der Waals surface area contributed by atoms with Crippen LogP contribution >= 0.6 is 0 Å². The molecule has 1 aromatic carbocycles. The summed E-state index contributed by atoms with van der Waals surface area (Å²) < 4.78 is 5.50. The van der Waals surface area contributed by atoms with Crippen LogP contribution in [0.2, 0.25) is 0 Å². The van der Waals surface area contributed by atoms with E-state index in [2.05, 4.69) is 52.7 Å². The van der Waals surface area contributed by atoms with Gasteiger partial charge in [-0.2, -0.15) is 5.26 Å². The number of pyridine rings is 1. The van der Waals surface area contributed by atoms with Crippen molar-refractivity contribution in [2.75, 3.05) is 39.9 Å². The van der Waals surface area contributed by atoms with Gasteiger partial charge in [-0.15, -0.1) is 0 Å². The zero-order chi connectivity index (χ0) is 22.1. The second-order valence-electron chi connectivity index (χ2n) is 7.75. The molecular weight excluding hydrogens is 384 g/mol. The Hall–Kier alpha value is -2.52. The van der Waals surface area contributed by atoms with Gasteiger partial charge in [-0.1, -0.05) is 44.2 Å². The summed E-state index contributed by atoms with van der Waals surface area (Å²) in [5.74, 6) is -0.0922. The van der Waals surface area contributed by atoms with Gasteiger partial charge < -0.3 is 10.1 Å². The Kier molecular flexibility index (Phi) is 8.78. The summed E-state index contributed by atoms with van der Waals surface area (Å²) in [6, 6.07) is 13.3. The summed E-state index contributed by atoms with van der Waals surface area (Å²) in [7, 11) is 1.98. The van der Waals surface area contributed by atoms with Gasteiger partial charge in [0.2, 0.25) is 0 Å². The molecule has 1 N–H and O–H groups in total. The molecule has 0 bridgehead atoms. The van der Waals surface area contributed by atoms with Crippen molar-refractivity contribution < 1.29 is 4.74 Å². The van der Waals surface area contributed by atoms with Gasteiger partial charge in [-0.3, -0.25) is 4.90 Å². The van der Waals surface area contributed by atoms with Crippen molar-refractivity contribution in [1.82, 2.24) is 15.2 Å². The highest BCUT2D eigenvalue weighted by Crippen LogP contribution is 2.19. The van der Waals surface area contributed by atoms with E-state index in [0.29, 0.717) is 0 Å². The van der Waals surface area contributed by atoms with Crippen LogP contribution in [0.5, 0.6) is 0 Å². The van der Waals surface area contributed by atoms with E-state index >= 15 is 0 Å². The van der Waals surface area contributed by atoms with Crippen molar-refractivity contribution in [1.29, 1.82) is 5.26 Å². The van der Waals surface area contributed by atoms with Crippen molar-refractivity contribution in [3.8, 4) is 17.3 Å². The molecule has 0 spiro atoms. The van der Waals surface area contributed by atoms with Crippen LogP contribution in [0.4, 0.5) is 0 Å². The lowest BCUT2D eigenvalue weighted by atomic mass is 9.97. The van der Waals surface area contributed by atoms with E-state index in [1.165, 1.54) is 16.3 Å². The number of hydrogen-bond acceptors (Lipinski definition) is 5. The molecule has 1 fully saturated rings. The van der Waals surface area contributed by atoms with Crippen LogP contribution < -0.4 is 15.9 Å². The minimum absolute atomic E-state index is 0.0922. The van der Waals surface area contributed by atoms with Gasteiger partial charge in [-0.05, 0) is 49.7 Å². The van der Waals surface area contributed by atoms with Crippen molar-refractivity contribution in [3.05, 3.63) is 52.0 Å². The molecule has 164 valence electrons. The van der Waals surface area contributed by atoms with Gasteiger partial charge >= 0.3 is 0 Å². The lowest BCUT2D eigenvalue weighted by molar-refractivity contribution is 0.0340. The van der Waals surface area contributed by atoms with E-state index in [1.807, 2.05) is 27.0 Å². The van der Waals surface area contributed by atoms with E-state index in [4.69, 9.17) is 9.72 Å². The topological polar surface area (TPSA) is 61.2 Å². The predicted octanol–water partition coefficient (Wildman–Crippen LogP) is 2.47. The molecule has 1 aromatic heterocycles. The Morgan fingerprint density at radius 2 is 1.94 bits per heavy atom. The van der Waals surface area contributed by atoms with E-state index in [1.54, 1.807) is 0 Å². The second kappa shape index (κ2) is 11.8. The SMILES string of the molecule is CC.CNCCc1ccc(-c2cc(CN3CCOCC3)c3c(n2)=CC(C#N)CC=3)cc1. The summed E-state index contributed by atoms with van der Waals surface area (Å²) in [5, 5.41) is 14.7. The van der Waals surface area contributed by atoms with Gasteiger partial charge in [-0.25, -0.2) is 4.98 Å². The summed E-state index contributed by atoms with van der Waals surface area (Å²) in [4.78, 5) is 7.37. The molecule has 0 saturated carbocycles. The highest BCUT2D eigenvalue weighted by molar-refractivity contribution is 5.61. The van der Waals surface area contributed by atoms with Crippen LogP contribution in [0.25, 0.3) is 23.4 Å². The number of nitrogens with zero attached hydrogens (tertiary/aromatic N) is 3. The average Bonchev–Trinajstić information content (AvgIpc) is 2.84. The Balaban J connectivity index is 0.00000132. The number of nitrogens with one attached hydrogen (secondary N) is 1. The van der Waals surface area contributed by atoms with E-state index in [9.17, 15) is 5.26 Å². The molecule has 0 amide bonds. The monoisotopic (exact) mass is 418 g/mol. The summed E-state index contributed by atoms with van der Waals surface area (Å²) in [5.41, 5.74) is 4.71. The number of likely N-dealkylation sites (N-methyl/N-ethyl adjacent to an activating group) is 1. The van der Waals surface area contributed by atoms with Gasteiger partial charge in [0.05, 0.1) is 36.2 Å². The molecule has 5 nitrogen and oxygen atoms in total. The fourth-order valence-electron chi connectivity index (χ4n) is 3.98. The number of morpholine rings is 1. The molecule has 1 aliphatic carbocycles. The van der Waals surface area contributed by atoms with E-state index in [-0.39, 0.29) is 5.92 Å². The first kappa shape index (κ1) is 23.1. The molecule has 1 saturated heterocycles. The van der Waals surface area contributed by atoms with Crippen LogP contribution in [-0.2, 0) is 17.7 Å². The maximum absolute atomic E-state index is 9.38. The maximum Gasteiger partial charge on any atom is 0.0712 e. The third-order valence-corrected chi connectivity index (χ3v) is 5.69. The zero-order valence-corrected chi connectivity index (χ0v) is 19.0. The highest BCUT2D eigenvalue weighted by atomic mass is 16.5. The zero-order valence-electron chi connectivity index (χ0n) is 19.0. The maximum atomic E-state index is 9.38. The molecule has 2 aromatic rings. The number of fused-ring (bicyclic) bond motifs is 1. The van der Waals surface area contributed by atoms with Crippen molar-refractivity contribution in [2.45, 2.75) is 33.2 Å². The minimum Gasteiger partial charge on any atom is -0.379 e. The molecule has 2 heterocycles. The summed E-state index contributed by atoms with van der Waals surface area (Å²) in [6.45, 7) is 9.36. The molecule has 2 aliphatic rings. The van der Waals surface area contributed by atoms with Gasteiger partial charge in [0.25, 0.3) is 0 Å².